The topological polar surface area (TPSA) is 73.0 Å². The zero-order chi connectivity index (χ0) is 10.8. The highest BCUT2D eigenvalue weighted by Crippen LogP contribution is 2.34. The maximum atomic E-state index is 13.1. The molecule has 1 saturated carbocycles. The van der Waals surface area contributed by atoms with Crippen LogP contribution in [0.5, 0.6) is 0 Å². The third kappa shape index (κ3) is 2.19. The Bertz CT molecular complexity index is 233. The van der Waals surface area contributed by atoms with E-state index in [0.29, 0.717) is 6.42 Å². The van der Waals surface area contributed by atoms with Crippen molar-refractivity contribution in [2.24, 2.45) is 11.1 Å². The predicted octanol–water partition coefficient (Wildman–Crippen LogP) is 0.605. The Kier molecular flexibility index (Phi) is 3.38. The van der Waals surface area contributed by atoms with Gasteiger partial charge >= 0.3 is 0 Å². The number of rotatable bonds is 2. The van der Waals surface area contributed by atoms with Gasteiger partial charge in [0.1, 0.15) is 6.61 Å². The van der Waals surface area contributed by atoms with Crippen LogP contribution in [0, 0.1) is 5.92 Å². The van der Waals surface area contributed by atoms with Gasteiger partial charge in [0.25, 0.3) is 5.92 Å². The Morgan fingerprint density at radius 3 is 2.64 bits per heavy atom. The second-order valence-electron chi connectivity index (χ2n) is 3.49. The summed E-state index contributed by atoms with van der Waals surface area (Å²) < 4.78 is 26.2. The second kappa shape index (κ2) is 4.18. The summed E-state index contributed by atoms with van der Waals surface area (Å²) in [7, 11) is 0. The average molecular weight is 209 g/mol. The van der Waals surface area contributed by atoms with E-state index in [1.807, 2.05) is 0 Å². The van der Waals surface area contributed by atoms with E-state index in [2.05, 4.69) is 5.16 Å². The number of oxime groups is 1. The minimum Gasteiger partial charge on any atom is -0.411 e. The summed E-state index contributed by atoms with van der Waals surface area (Å²) in [5, 5.41) is 29.0. The van der Waals surface area contributed by atoms with Crippen LogP contribution in [-0.4, -0.2) is 39.8 Å². The van der Waals surface area contributed by atoms with Crippen LogP contribution < -0.4 is 0 Å². The van der Waals surface area contributed by atoms with Gasteiger partial charge in [-0.3, -0.25) is 0 Å². The predicted molar refractivity (Wildman–Crippen MR) is 44.6 cm³/mol. The van der Waals surface area contributed by atoms with Crippen molar-refractivity contribution in [1.29, 1.82) is 0 Å². The van der Waals surface area contributed by atoms with Gasteiger partial charge in [0, 0.05) is 0 Å². The van der Waals surface area contributed by atoms with Crippen LogP contribution >= 0.6 is 0 Å². The van der Waals surface area contributed by atoms with E-state index in [0.717, 1.165) is 0 Å². The number of aliphatic hydroxyl groups excluding tert-OH is 2. The van der Waals surface area contributed by atoms with Gasteiger partial charge in [-0.15, -0.1) is 0 Å². The highest BCUT2D eigenvalue weighted by atomic mass is 19.3. The highest BCUT2D eigenvalue weighted by Gasteiger charge is 2.45. The molecule has 0 heterocycles. The molecule has 0 saturated heterocycles. The molecule has 0 bridgehead atoms. The van der Waals surface area contributed by atoms with Crippen molar-refractivity contribution in [3.63, 3.8) is 0 Å². The van der Waals surface area contributed by atoms with Crippen LogP contribution in [0.1, 0.15) is 19.3 Å². The molecule has 1 fully saturated rings. The van der Waals surface area contributed by atoms with Crippen LogP contribution in [0.4, 0.5) is 8.78 Å². The Balaban J connectivity index is 2.81. The Hall–Kier alpha value is -0.750. The highest BCUT2D eigenvalue weighted by molar-refractivity contribution is 5.87. The third-order valence-corrected chi connectivity index (χ3v) is 2.49. The molecule has 0 amide bonds. The fourth-order valence-corrected chi connectivity index (χ4v) is 1.66. The van der Waals surface area contributed by atoms with Crippen LogP contribution in [0.3, 0.4) is 0 Å². The molecule has 0 spiro atoms. The summed E-state index contributed by atoms with van der Waals surface area (Å²) in [6.07, 6.45) is -0.537. The van der Waals surface area contributed by atoms with Crippen molar-refractivity contribution in [1.82, 2.24) is 0 Å². The quantitative estimate of drug-likeness (QED) is 0.460. The van der Waals surface area contributed by atoms with Crippen LogP contribution in [0.15, 0.2) is 5.16 Å². The van der Waals surface area contributed by atoms with Crippen LogP contribution in [-0.2, 0) is 0 Å². The van der Waals surface area contributed by atoms with Gasteiger partial charge in [-0.2, -0.15) is 0 Å². The minimum atomic E-state index is -3.33. The molecular weight excluding hydrogens is 196 g/mol. The van der Waals surface area contributed by atoms with Gasteiger partial charge < -0.3 is 15.4 Å². The van der Waals surface area contributed by atoms with Crippen molar-refractivity contribution in [2.45, 2.75) is 31.3 Å². The van der Waals surface area contributed by atoms with E-state index in [9.17, 15) is 13.9 Å². The molecule has 0 aliphatic heterocycles. The summed E-state index contributed by atoms with van der Waals surface area (Å²) in [4.78, 5) is 0. The molecule has 0 aromatic heterocycles. The number of nitrogens with zero attached hydrogens (tertiary/aromatic N) is 1. The molecule has 14 heavy (non-hydrogen) atoms. The SMILES string of the molecule is OCC(F)(F)C1CC(O)CCC1=NO. The molecule has 1 aliphatic rings. The molecule has 1 rings (SSSR count). The van der Waals surface area contributed by atoms with Gasteiger partial charge in [0.15, 0.2) is 0 Å². The molecule has 6 heteroatoms. The Labute approximate surface area is 79.9 Å². The van der Waals surface area contributed by atoms with Crippen LogP contribution in [0.2, 0.25) is 0 Å². The average Bonchev–Trinajstić information content (AvgIpc) is 2.18. The van der Waals surface area contributed by atoms with Crippen molar-refractivity contribution < 1.29 is 24.2 Å². The lowest BCUT2D eigenvalue weighted by molar-refractivity contribution is -0.0913. The first kappa shape index (κ1) is 11.3. The van der Waals surface area contributed by atoms with Gasteiger partial charge in [-0.1, -0.05) is 5.16 Å². The van der Waals surface area contributed by atoms with Gasteiger partial charge in [0.2, 0.25) is 0 Å². The molecule has 4 nitrogen and oxygen atoms in total. The molecule has 82 valence electrons. The number of alkyl halides is 2. The van der Waals surface area contributed by atoms with Gasteiger partial charge in [-0.25, -0.2) is 8.78 Å². The van der Waals surface area contributed by atoms with Crippen molar-refractivity contribution in [2.75, 3.05) is 6.61 Å². The van der Waals surface area contributed by atoms with Crippen LogP contribution in [0.25, 0.3) is 0 Å². The first-order valence-electron chi connectivity index (χ1n) is 4.39. The first-order valence-corrected chi connectivity index (χ1v) is 4.39. The normalized spacial score (nSPS) is 32.1. The summed E-state index contributed by atoms with van der Waals surface area (Å²) in [6, 6.07) is 0. The van der Waals surface area contributed by atoms with Gasteiger partial charge in [-0.05, 0) is 19.3 Å². The molecule has 2 atom stereocenters. The van der Waals surface area contributed by atoms with Crippen molar-refractivity contribution >= 4 is 5.71 Å². The molecular formula is C8H13F2NO3. The smallest absolute Gasteiger partial charge is 0.278 e. The molecule has 3 N–H and O–H groups in total. The lowest BCUT2D eigenvalue weighted by atomic mass is 9.81. The zero-order valence-electron chi connectivity index (χ0n) is 7.53. The minimum absolute atomic E-state index is 0.0469. The summed E-state index contributed by atoms with van der Waals surface area (Å²) in [6.45, 7) is -1.30. The molecule has 0 aromatic rings. The largest absolute Gasteiger partial charge is 0.411 e. The lowest BCUT2D eigenvalue weighted by Gasteiger charge is -2.31. The molecule has 0 aromatic carbocycles. The second-order valence-corrected chi connectivity index (χ2v) is 3.49. The van der Waals surface area contributed by atoms with Crippen molar-refractivity contribution in [3.05, 3.63) is 0 Å². The maximum absolute atomic E-state index is 13.1. The lowest BCUT2D eigenvalue weighted by Crippen LogP contribution is -2.42. The fourth-order valence-electron chi connectivity index (χ4n) is 1.66. The number of hydrogen-bond acceptors (Lipinski definition) is 4. The zero-order valence-corrected chi connectivity index (χ0v) is 7.53. The summed E-state index contributed by atoms with van der Waals surface area (Å²) in [5.41, 5.74) is -0.0469. The van der Waals surface area contributed by atoms with E-state index in [1.165, 1.54) is 0 Å². The van der Waals surface area contributed by atoms with Crippen molar-refractivity contribution in [3.8, 4) is 0 Å². The fraction of sp³-hybridized carbons (Fsp3) is 0.875. The molecule has 2 unspecified atom stereocenters. The standard InChI is InChI=1S/C8H13F2NO3/c9-8(10,4-12)6-3-5(13)1-2-7(6)11-14/h5-6,12-14H,1-4H2. The van der Waals surface area contributed by atoms with E-state index < -0.39 is 24.6 Å². The molecule has 1 aliphatic carbocycles. The number of halogens is 2. The third-order valence-electron chi connectivity index (χ3n) is 2.49. The van der Waals surface area contributed by atoms with E-state index in [-0.39, 0.29) is 18.6 Å². The molecule has 0 radical (unpaired) electrons. The Morgan fingerprint density at radius 2 is 2.14 bits per heavy atom. The number of hydrogen-bond donors (Lipinski definition) is 3. The Morgan fingerprint density at radius 1 is 1.50 bits per heavy atom. The first-order chi connectivity index (χ1) is 6.51. The summed E-state index contributed by atoms with van der Waals surface area (Å²) >= 11 is 0. The van der Waals surface area contributed by atoms with E-state index in [1.54, 1.807) is 0 Å². The van der Waals surface area contributed by atoms with E-state index in [4.69, 9.17) is 10.3 Å². The van der Waals surface area contributed by atoms with E-state index >= 15 is 0 Å². The van der Waals surface area contributed by atoms with Gasteiger partial charge in [0.05, 0.1) is 17.7 Å². The summed E-state index contributed by atoms with van der Waals surface area (Å²) in [5.74, 6) is -4.69. The maximum Gasteiger partial charge on any atom is 0.278 e. The monoisotopic (exact) mass is 209 g/mol. The number of aliphatic hydroxyl groups is 2.